The fourth-order valence-electron chi connectivity index (χ4n) is 3.31. The van der Waals surface area contributed by atoms with Crippen molar-refractivity contribution < 1.29 is 13.9 Å². The van der Waals surface area contributed by atoms with Gasteiger partial charge in [-0.15, -0.1) is 0 Å². The van der Waals surface area contributed by atoms with E-state index in [1.807, 2.05) is 35.0 Å². The Morgan fingerprint density at radius 1 is 1.10 bits per heavy atom. The van der Waals surface area contributed by atoms with E-state index in [1.54, 1.807) is 23.2 Å². The lowest BCUT2D eigenvalue weighted by atomic mass is 10.3. The zero-order valence-electron chi connectivity index (χ0n) is 15.7. The normalized spacial score (nSPS) is 14.1. The van der Waals surface area contributed by atoms with Crippen LogP contribution < -0.4 is 9.64 Å². The van der Waals surface area contributed by atoms with E-state index in [2.05, 4.69) is 9.88 Å². The van der Waals surface area contributed by atoms with Crippen molar-refractivity contribution in [2.24, 2.45) is 0 Å². The summed E-state index contributed by atoms with van der Waals surface area (Å²) >= 11 is 6.11. The number of carbonyl (C=O) groups excluding carboxylic acids is 1. The van der Waals surface area contributed by atoms with Crippen molar-refractivity contribution in [3.05, 3.63) is 71.8 Å². The van der Waals surface area contributed by atoms with Gasteiger partial charge in [-0.05, 0) is 30.3 Å². The molecule has 0 spiro atoms. The van der Waals surface area contributed by atoms with Gasteiger partial charge >= 0.3 is 0 Å². The molecule has 0 unspecified atom stereocenters. The first-order chi connectivity index (χ1) is 14.1. The van der Waals surface area contributed by atoms with Crippen LogP contribution in [0.1, 0.15) is 0 Å². The summed E-state index contributed by atoms with van der Waals surface area (Å²) < 4.78 is 20.9. The van der Waals surface area contributed by atoms with Crippen LogP contribution in [0.4, 0.5) is 10.3 Å². The standard InChI is InChI=1S/C21H20ClFN4O2/c22-16-4-3-5-17(14-16)27-9-8-24-21(27)26-12-10-25(11-13-26)20(28)15-29-19-7-2-1-6-18(19)23/h1-9,14H,10-13,15H2. The molecule has 0 saturated carbocycles. The van der Waals surface area contributed by atoms with Gasteiger partial charge in [-0.3, -0.25) is 9.36 Å². The number of carbonyl (C=O) groups is 1. The fourth-order valence-corrected chi connectivity index (χ4v) is 3.49. The number of imidazole rings is 1. The fraction of sp³-hybridized carbons (Fsp3) is 0.238. The third-order valence-electron chi connectivity index (χ3n) is 4.81. The van der Waals surface area contributed by atoms with Gasteiger partial charge in [-0.1, -0.05) is 29.8 Å². The van der Waals surface area contributed by atoms with Gasteiger partial charge in [0, 0.05) is 49.3 Å². The molecule has 1 fully saturated rings. The number of hydrogen-bond donors (Lipinski definition) is 0. The predicted octanol–water partition coefficient (Wildman–Crippen LogP) is 3.39. The van der Waals surface area contributed by atoms with Gasteiger partial charge in [-0.2, -0.15) is 0 Å². The maximum atomic E-state index is 13.6. The van der Waals surface area contributed by atoms with Crippen LogP contribution in [0.3, 0.4) is 0 Å². The summed E-state index contributed by atoms with van der Waals surface area (Å²) in [4.78, 5) is 20.8. The molecule has 150 valence electrons. The highest BCUT2D eigenvalue weighted by atomic mass is 35.5. The number of anilines is 1. The molecule has 6 nitrogen and oxygen atoms in total. The Morgan fingerprint density at radius 2 is 1.90 bits per heavy atom. The van der Waals surface area contributed by atoms with Crippen LogP contribution in [0, 0.1) is 5.82 Å². The second-order valence-corrected chi connectivity index (χ2v) is 7.10. The molecular formula is C21H20ClFN4O2. The summed E-state index contributed by atoms with van der Waals surface area (Å²) in [6.07, 6.45) is 3.64. The van der Waals surface area contributed by atoms with Crippen LogP contribution in [0.25, 0.3) is 5.69 Å². The molecule has 1 amide bonds. The van der Waals surface area contributed by atoms with Crippen LogP contribution >= 0.6 is 11.6 Å². The molecule has 8 heteroatoms. The number of para-hydroxylation sites is 1. The number of rotatable bonds is 5. The number of nitrogens with zero attached hydrogens (tertiary/aromatic N) is 4. The molecule has 1 saturated heterocycles. The molecule has 4 rings (SSSR count). The van der Waals surface area contributed by atoms with Gasteiger partial charge in [0.25, 0.3) is 5.91 Å². The van der Waals surface area contributed by atoms with Gasteiger partial charge in [-0.25, -0.2) is 9.37 Å². The molecule has 1 aliphatic rings. The van der Waals surface area contributed by atoms with E-state index in [-0.39, 0.29) is 18.3 Å². The molecule has 0 aliphatic carbocycles. The molecule has 1 aromatic heterocycles. The molecule has 2 heterocycles. The Kier molecular flexibility index (Phi) is 5.67. The lowest BCUT2D eigenvalue weighted by molar-refractivity contribution is -0.133. The Morgan fingerprint density at radius 3 is 2.66 bits per heavy atom. The van der Waals surface area contributed by atoms with Crippen molar-refractivity contribution in [3.8, 4) is 11.4 Å². The Bertz CT molecular complexity index is 1000. The van der Waals surface area contributed by atoms with Crippen molar-refractivity contribution in [2.45, 2.75) is 0 Å². The summed E-state index contributed by atoms with van der Waals surface area (Å²) in [5, 5.41) is 0.660. The highest BCUT2D eigenvalue weighted by Gasteiger charge is 2.24. The van der Waals surface area contributed by atoms with Crippen LogP contribution in [0.5, 0.6) is 5.75 Å². The van der Waals surface area contributed by atoms with E-state index in [4.69, 9.17) is 16.3 Å². The summed E-state index contributed by atoms with van der Waals surface area (Å²) in [5.41, 5.74) is 0.932. The number of halogens is 2. The van der Waals surface area contributed by atoms with Gasteiger partial charge in [0.2, 0.25) is 5.95 Å². The maximum Gasteiger partial charge on any atom is 0.260 e. The van der Waals surface area contributed by atoms with E-state index >= 15 is 0 Å². The number of ether oxygens (including phenoxy) is 1. The number of aromatic nitrogens is 2. The van der Waals surface area contributed by atoms with E-state index in [0.29, 0.717) is 31.2 Å². The summed E-state index contributed by atoms with van der Waals surface area (Å²) in [5.74, 6) is 0.258. The first-order valence-corrected chi connectivity index (χ1v) is 9.69. The maximum absolute atomic E-state index is 13.6. The molecule has 0 bridgehead atoms. The predicted molar refractivity (Wildman–Crippen MR) is 109 cm³/mol. The average molecular weight is 415 g/mol. The third kappa shape index (κ3) is 4.35. The molecule has 2 aromatic carbocycles. The van der Waals surface area contributed by atoms with Crippen LogP contribution in [0.2, 0.25) is 5.02 Å². The average Bonchev–Trinajstić information content (AvgIpc) is 3.23. The third-order valence-corrected chi connectivity index (χ3v) is 5.05. The monoisotopic (exact) mass is 414 g/mol. The molecule has 0 N–H and O–H groups in total. The zero-order valence-corrected chi connectivity index (χ0v) is 16.4. The minimum Gasteiger partial charge on any atom is -0.481 e. The Labute approximate surface area is 173 Å². The molecule has 1 aliphatic heterocycles. The quantitative estimate of drug-likeness (QED) is 0.642. The highest BCUT2D eigenvalue weighted by molar-refractivity contribution is 6.30. The van der Waals surface area contributed by atoms with Crippen molar-refractivity contribution in [1.82, 2.24) is 14.5 Å². The van der Waals surface area contributed by atoms with Crippen molar-refractivity contribution in [3.63, 3.8) is 0 Å². The van der Waals surface area contributed by atoms with Gasteiger partial charge < -0.3 is 14.5 Å². The van der Waals surface area contributed by atoms with Crippen LogP contribution in [-0.4, -0.2) is 53.1 Å². The van der Waals surface area contributed by atoms with Gasteiger partial charge in [0.05, 0.1) is 0 Å². The van der Waals surface area contributed by atoms with Gasteiger partial charge in [0.1, 0.15) is 0 Å². The first-order valence-electron chi connectivity index (χ1n) is 9.31. The zero-order chi connectivity index (χ0) is 20.2. The molecule has 0 atom stereocenters. The second-order valence-electron chi connectivity index (χ2n) is 6.66. The van der Waals surface area contributed by atoms with Crippen molar-refractivity contribution in [2.75, 3.05) is 37.7 Å². The summed E-state index contributed by atoms with van der Waals surface area (Å²) in [7, 11) is 0. The van der Waals surface area contributed by atoms with E-state index in [0.717, 1.165) is 11.6 Å². The number of piperazine rings is 1. The SMILES string of the molecule is O=C(COc1ccccc1F)N1CCN(c2nccn2-c2cccc(Cl)c2)CC1. The number of amides is 1. The lowest BCUT2D eigenvalue weighted by Crippen LogP contribution is -2.50. The van der Waals surface area contributed by atoms with E-state index in [1.165, 1.54) is 12.1 Å². The van der Waals surface area contributed by atoms with E-state index < -0.39 is 5.82 Å². The topological polar surface area (TPSA) is 50.6 Å². The summed E-state index contributed by atoms with van der Waals surface area (Å²) in [6, 6.07) is 13.6. The molecular weight excluding hydrogens is 395 g/mol. The lowest BCUT2D eigenvalue weighted by Gasteiger charge is -2.35. The Balaban J connectivity index is 1.36. The minimum absolute atomic E-state index is 0.0861. The molecule has 3 aromatic rings. The summed E-state index contributed by atoms with van der Waals surface area (Å²) in [6.45, 7) is 2.19. The van der Waals surface area contributed by atoms with Crippen molar-refractivity contribution >= 4 is 23.5 Å². The smallest absolute Gasteiger partial charge is 0.260 e. The van der Waals surface area contributed by atoms with Gasteiger partial charge in [0.15, 0.2) is 18.2 Å². The second kappa shape index (κ2) is 8.53. The number of hydrogen-bond acceptors (Lipinski definition) is 4. The minimum atomic E-state index is -0.474. The molecule has 0 radical (unpaired) electrons. The first kappa shape index (κ1) is 19.3. The van der Waals surface area contributed by atoms with Crippen LogP contribution in [-0.2, 0) is 4.79 Å². The van der Waals surface area contributed by atoms with E-state index in [9.17, 15) is 9.18 Å². The largest absolute Gasteiger partial charge is 0.481 e. The molecule has 29 heavy (non-hydrogen) atoms. The Hall–Kier alpha value is -3.06. The van der Waals surface area contributed by atoms with Crippen LogP contribution in [0.15, 0.2) is 60.9 Å². The highest BCUT2D eigenvalue weighted by Crippen LogP contribution is 2.22. The van der Waals surface area contributed by atoms with Crippen molar-refractivity contribution in [1.29, 1.82) is 0 Å². The number of benzene rings is 2.